The number of benzene rings is 3. The second-order valence-corrected chi connectivity index (χ2v) is 9.26. The van der Waals surface area contributed by atoms with Gasteiger partial charge < -0.3 is 4.74 Å². The van der Waals surface area contributed by atoms with Crippen molar-refractivity contribution in [2.75, 3.05) is 0 Å². The quantitative estimate of drug-likeness (QED) is 0.149. The van der Waals surface area contributed by atoms with E-state index in [-0.39, 0.29) is 11.6 Å². The lowest BCUT2D eigenvalue weighted by molar-refractivity contribution is 0.0975. The summed E-state index contributed by atoms with van der Waals surface area (Å²) in [5.41, 5.74) is 3.83. The van der Waals surface area contributed by atoms with Crippen LogP contribution in [0.2, 0.25) is 0 Å². The minimum Gasteiger partial charge on any atom is -0.488 e. The summed E-state index contributed by atoms with van der Waals surface area (Å²) in [6.07, 6.45) is 12.3. The molecule has 35 heavy (non-hydrogen) atoms. The molecule has 0 aliphatic heterocycles. The Hall–Kier alpha value is -3.46. The number of carbonyl (C=O) groups excluding carboxylic acids is 2. The largest absolute Gasteiger partial charge is 0.488 e. The third kappa shape index (κ3) is 5.97. The number of ether oxygens (including phenoxy) is 1. The Labute approximate surface area is 208 Å². The van der Waals surface area contributed by atoms with Crippen LogP contribution in [-0.2, 0) is 13.0 Å². The molecule has 0 atom stereocenters. The molecule has 3 aromatic rings. The average molecular weight is 467 g/mol. The van der Waals surface area contributed by atoms with E-state index < -0.39 is 0 Å². The van der Waals surface area contributed by atoms with Gasteiger partial charge in [0.15, 0.2) is 11.6 Å². The van der Waals surface area contributed by atoms with Gasteiger partial charge in [-0.15, -0.1) is 6.58 Å². The van der Waals surface area contributed by atoms with Gasteiger partial charge in [-0.25, -0.2) is 0 Å². The number of ketones is 2. The number of hydrogen-bond donors (Lipinski definition) is 0. The van der Waals surface area contributed by atoms with Crippen LogP contribution in [0.3, 0.4) is 0 Å². The summed E-state index contributed by atoms with van der Waals surface area (Å²) in [6, 6.07) is 20.8. The summed E-state index contributed by atoms with van der Waals surface area (Å²) in [7, 11) is 0. The van der Waals surface area contributed by atoms with Crippen LogP contribution in [0, 0.1) is 0 Å². The van der Waals surface area contributed by atoms with Gasteiger partial charge in [-0.1, -0.05) is 98.8 Å². The zero-order valence-corrected chi connectivity index (χ0v) is 20.4. The summed E-state index contributed by atoms with van der Waals surface area (Å²) >= 11 is 0. The van der Waals surface area contributed by atoms with Crippen LogP contribution in [-0.4, -0.2) is 11.6 Å². The van der Waals surface area contributed by atoms with Crippen molar-refractivity contribution < 1.29 is 14.3 Å². The maximum Gasteiger partial charge on any atom is 0.198 e. The van der Waals surface area contributed by atoms with E-state index in [0.29, 0.717) is 34.6 Å². The van der Waals surface area contributed by atoms with Crippen molar-refractivity contribution in [3.05, 3.63) is 113 Å². The van der Waals surface area contributed by atoms with Crippen molar-refractivity contribution in [1.82, 2.24) is 0 Å². The normalized spacial score (nSPS) is 12.2. The Morgan fingerprint density at radius 1 is 0.657 bits per heavy atom. The van der Waals surface area contributed by atoms with Gasteiger partial charge in [0, 0.05) is 16.7 Å². The van der Waals surface area contributed by atoms with E-state index >= 15 is 0 Å². The number of fused-ring (bicyclic) bond motifs is 2. The Balaban J connectivity index is 1.51. The minimum absolute atomic E-state index is 0.109. The third-order valence-corrected chi connectivity index (χ3v) is 6.71. The van der Waals surface area contributed by atoms with Gasteiger partial charge in [-0.2, -0.15) is 0 Å². The standard InChI is InChI=1S/C32H34O3/c1-2-3-4-5-6-7-8-9-13-18-25-21-22-28-29(32(25)35-23-24-16-11-10-12-17-24)31(34)27-20-15-14-19-26(27)30(28)33/h2,10-12,14-17,19-22H,1,3-9,13,18,23H2. The molecule has 0 saturated heterocycles. The van der Waals surface area contributed by atoms with Crippen molar-refractivity contribution in [1.29, 1.82) is 0 Å². The fourth-order valence-electron chi connectivity index (χ4n) is 4.78. The smallest absolute Gasteiger partial charge is 0.198 e. The van der Waals surface area contributed by atoms with Crippen LogP contribution in [0.25, 0.3) is 0 Å². The van der Waals surface area contributed by atoms with E-state index in [4.69, 9.17) is 4.74 Å². The lowest BCUT2D eigenvalue weighted by Gasteiger charge is -2.22. The molecule has 0 spiro atoms. The third-order valence-electron chi connectivity index (χ3n) is 6.71. The summed E-state index contributed by atoms with van der Waals surface area (Å²) in [6.45, 7) is 4.14. The van der Waals surface area contributed by atoms with Gasteiger partial charge in [-0.3, -0.25) is 9.59 Å². The summed E-state index contributed by atoms with van der Waals surface area (Å²) < 4.78 is 6.31. The van der Waals surface area contributed by atoms with Crippen LogP contribution in [0.1, 0.15) is 94.3 Å². The zero-order valence-electron chi connectivity index (χ0n) is 20.4. The summed E-state index contributed by atoms with van der Waals surface area (Å²) in [5.74, 6) is 0.339. The number of carbonyl (C=O) groups is 2. The molecule has 1 aliphatic carbocycles. The summed E-state index contributed by atoms with van der Waals surface area (Å²) in [4.78, 5) is 26.7. The van der Waals surface area contributed by atoms with Crippen molar-refractivity contribution in [3.8, 4) is 5.75 Å². The molecule has 0 fully saturated rings. The number of allylic oxidation sites excluding steroid dienone is 1. The Bertz CT molecular complexity index is 1180. The molecule has 3 heteroatoms. The molecule has 0 bridgehead atoms. The Kier molecular flexibility index (Phi) is 8.67. The topological polar surface area (TPSA) is 43.4 Å². The van der Waals surface area contributed by atoms with E-state index in [0.717, 1.165) is 36.8 Å². The number of aryl methyl sites for hydroxylation is 1. The van der Waals surface area contributed by atoms with Gasteiger partial charge in [0.25, 0.3) is 0 Å². The van der Waals surface area contributed by atoms with Gasteiger partial charge >= 0.3 is 0 Å². The molecule has 0 radical (unpaired) electrons. The second-order valence-electron chi connectivity index (χ2n) is 9.26. The van der Waals surface area contributed by atoms with Crippen LogP contribution < -0.4 is 4.74 Å². The Morgan fingerprint density at radius 3 is 2.00 bits per heavy atom. The molecule has 180 valence electrons. The SMILES string of the molecule is C=CCCCCCCCCCc1ccc2c(c1OCc1ccccc1)C(=O)c1ccccc1C2=O. The maximum atomic E-state index is 13.5. The molecule has 0 unspecified atom stereocenters. The van der Waals surface area contributed by atoms with E-state index in [2.05, 4.69) is 6.58 Å². The van der Waals surface area contributed by atoms with Crippen molar-refractivity contribution in [2.24, 2.45) is 0 Å². The average Bonchev–Trinajstić information content (AvgIpc) is 2.90. The predicted octanol–water partition coefficient (Wildman–Crippen LogP) is 7.89. The molecular weight excluding hydrogens is 432 g/mol. The monoisotopic (exact) mass is 466 g/mol. The van der Waals surface area contributed by atoms with E-state index in [1.807, 2.05) is 48.5 Å². The highest BCUT2D eigenvalue weighted by Crippen LogP contribution is 2.37. The van der Waals surface area contributed by atoms with Crippen molar-refractivity contribution in [2.45, 2.75) is 64.4 Å². The summed E-state index contributed by atoms with van der Waals surface area (Å²) in [5, 5.41) is 0. The molecule has 3 nitrogen and oxygen atoms in total. The van der Waals surface area contributed by atoms with Crippen LogP contribution in [0.4, 0.5) is 0 Å². The highest BCUT2D eigenvalue weighted by atomic mass is 16.5. The predicted molar refractivity (Wildman–Crippen MR) is 141 cm³/mol. The first-order valence-corrected chi connectivity index (χ1v) is 12.8. The lowest BCUT2D eigenvalue weighted by Crippen LogP contribution is -2.22. The molecular formula is C32H34O3. The molecule has 0 aromatic heterocycles. The van der Waals surface area contributed by atoms with Crippen LogP contribution >= 0.6 is 0 Å². The molecule has 1 aliphatic rings. The van der Waals surface area contributed by atoms with Crippen LogP contribution in [0.5, 0.6) is 5.75 Å². The highest BCUT2D eigenvalue weighted by Gasteiger charge is 2.33. The molecule has 3 aromatic carbocycles. The molecule has 0 heterocycles. The zero-order chi connectivity index (χ0) is 24.5. The fourth-order valence-corrected chi connectivity index (χ4v) is 4.78. The highest BCUT2D eigenvalue weighted by molar-refractivity contribution is 6.29. The first-order chi connectivity index (χ1) is 17.2. The van der Waals surface area contributed by atoms with Gasteiger partial charge in [0.2, 0.25) is 0 Å². The fraction of sp³-hybridized carbons (Fsp3) is 0.312. The van der Waals surface area contributed by atoms with Gasteiger partial charge in [0.05, 0.1) is 5.56 Å². The minimum atomic E-state index is -0.125. The van der Waals surface area contributed by atoms with E-state index in [1.54, 1.807) is 24.3 Å². The van der Waals surface area contributed by atoms with E-state index in [1.165, 1.54) is 32.1 Å². The molecule has 0 N–H and O–H groups in total. The first kappa shape index (κ1) is 24.7. The van der Waals surface area contributed by atoms with Crippen LogP contribution in [0.15, 0.2) is 79.4 Å². The molecule has 0 saturated carbocycles. The van der Waals surface area contributed by atoms with E-state index in [9.17, 15) is 9.59 Å². The molecule has 4 rings (SSSR count). The second kappa shape index (κ2) is 12.3. The molecule has 0 amide bonds. The lowest BCUT2D eigenvalue weighted by atomic mass is 9.82. The maximum absolute atomic E-state index is 13.5. The van der Waals surface area contributed by atoms with Gasteiger partial charge in [-0.05, 0) is 42.9 Å². The number of unbranched alkanes of at least 4 members (excludes halogenated alkanes) is 7. The number of rotatable bonds is 13. The van der Waals surface area contributed by atoms with Crippen molar-refractivity contribution in [3.63, 3.8) is 0 Å². The Morgan fingerprint density at radius 2 is 1.29 bits per heavy atom. The van der Waals surface area contributed by atoms with Crippen molar-refractivity contribution >= 4 is 11.6 Å². The number of hydrogen-bond acceptors (Lipinski definition) is 3. The van der Waals surface area contributed by atoms with Gasteiger partial charge in [0.1, 0.15) is 12.4 Å². The first-order valence-electron chi connectivity index (χ1n) is 12.8.